The number of halogens is 1. The van der Waals surface area contributed by atoms with Crippen LogP contribution in [0.5, 0.6) is 0 Å². The molecule has 128 valence electrons. The molecule has 0 unspecified atom stereocenters. The van der Waals surface area contributed by atoms with Gasteiger partial charge in [-0.25, -0.2) is 23.9 Å². The second-order valence-electron chi connectivity index (χ2n) is 5.87. The molecule has 1 aliphatic rings. The molecule has 0 spiro atoms. The molecule has 1 N–H and O–H groups in total. The third-order valence-electron chi connectivity index (χ3n) is 4.10. The van der Waals surface area contributed by atoms with Gasteiger partial charge in [-0.05, 0) is 31.5 Å². The summed E-state index contributed by atoms with van der Waals surface area (Å²) >= 11 is 0. The molecule has 4 rings (SSSR count). The highest BCUT2D eigenvalue weighted by Crippen LogP contribution is 2.21. The highest BCUT2D eigenvalue weighted by Gasteiger charge is 2.24. The van der Waals surface area contributed by atoms with Crippen LogP contribution in [-0.4, -0.2) is 49.7 Å². The number of nitrogens with zero attached hydrogens (tertiary/aromatic N) is 6. The van der Waals surface area contributed by atoms with Gasteiger partial charge in [-0.1, -0.05) is 0 Å². The molecule has 0 aromatic carbocycles. The Bertz CT molecular complexity index is 927. The Balaban J connectivity index is 1.70. The van der Waals surface area contributed by atoms with Crippen molar-refractivity contribution >= 4 is 23.3 Å². The number of amides is 1. The van der Waals surface area contributed by atoms with Gasteiger partial charge in [0.2, 0.25) is 5.95 Å². The van der Waals surface area contributed by atoms with Crippen LogP contribution in [0.25, 0.3) is 5.65 Å². The lowest BCUT2D eigenvalue weighted by Crippen LogP contribution is -2.23. The van der Waals surface area contributed by atoms with Gasteiger partial charge in [-0.15, -0.1) is 5.10 Å². The first kappa shape index (κ1) is 15.4. The van der Waals surface area contributed by atoms with Gasteiger partial charge in [0.05, 0.1) is 12.2 Å². The Hall–Kier alpha value is -3.10. The number of aryl methyl sites for hydroxylation is 1. The lowest BCUT2D eigenvalue weighted by Gasteiger charge is -2.16. The molecule has 0 radical (unpaired) electrons. The maximum absolute atomic E-state index is 13.5. The Labute approximate surface area is 142 Å². The molecule has 25 heavy (non-hydrogen) atoms. The van der Waals surface area contributed by atoms with Gasteiger partial charge in [0, 0.05) is 18.9 Å². The van der Waals surface area contributed by atoms with Crippen molar-refractivity contribution < 1.29 is 9.18 Å². The largest absolute Gasteiger partial charge is 0.352 e. The molecule has 1 fully saturated rings. The van der Waals surface area contributed by atoms with Crippen LogP contribution >= 0.6 is 0 Å². The fourth-order valence-electron chi connectivity index (χ4n) is 2.91. The van der Waals surface area contributed by atoms with E-state index in [1.807, 2.05) is 4.90 Å². The van der Waals surface area contributed by atoms with E-state index in [1.54, 1.807) is 37.5 Å². The van der Waals surface area contributed by atoms with Crippen molar-refractivity contribution in [2.45, 2.75) is 19.5 Å². The van der Waals surface area contributed by atoms with Gasteiger partial charge in [0.25, 0.3) is 5.91 Å². The lowest BCUT2D eigenvalue weighted by molar-refractivity contribution is 0.101. The number of nitrogens with one attached hydrogen (secondary N) is 1. The number of anilines is 2. The van der Waals surface area contributed by atoms with E-state index in [2.05, 4.69) is 25.4 Å². The second-order valence-corrected chi connectivity index (χ2v) is 5.87. The number of hydrogen-bond donors (Lipinski definition) is 1. The maximum atomic E-state index is 13.5. The quantitative estimate of drug-likeness (QED) is 0.779. The minimum atomic E-state index is -0.847. The first-order valence-corrected chi connectivity index (χ1v) is 7.95. The van der Waals surface area contributed by atoms with Crippen LogP contribution in [0.3, 0.4) is 0 Å². The normalized spacial score (nSPS) is 17.2. The van der Waals surface area contributed by atoms with Crippen molar-refractivity contribution in [1.82, 2.24) is 24.6 Å². The van der Waals surface area contributed by atoms with Crippen molar-refractivity contribution in [2.24, 2.45) is 0 Å². The zero-order valence-electron chi connectivity index (χ0n) is 13.6. The molecule has 1 saturated heterocycles. The standard InChI is InChI=1S/C16H16FN7O/c1-10-14(15(25)21-16-18-6-2-7-19-16)24-12(20-10)3-4-13(22-24)23-8-5-11(17)9-23/h2-4,6-7,11H,5,8-9H2,1H3,(H,18,19,21,25)/t11-/m0/s1. The van der Waals surface area contributed by atoms with E-state index in [-0.39, 0.29) is 5.95 Å². The number of carbonyl (C=O) groups excluding carboxylic acids is 1. The van der Waals surface area contributed by atoms with E-state index in [0.29, 0.717) is 42.4 Å². The molecular weight excluding hydrogens is 325 g/mol. The summed E-state index contributed by atoms with van der Waals surface area (Å²) in [7, 11) is 0. The molecule has 3 aromatic heterocycles. The highest BCUT2D eigenvalue weighted by atomic mass is 19.1. The molecule has 9 heteroatoms. The van der Waals surface area contributed by atoms with Crippen LogP contribution in [0.1, 0.15) is 22.6 Å². The first-order valence-electron chi connectivity index (χ1n) is 7.95. The van der Waals surface area contributed by atoms with Gasteiger partial charge in [-0.3, -0.25) is 10.1 Å². The molecule has 0 aliphatic carbocycles. The van der Waals surface area contributed by atoms with Crippen LogP contribution in [-0.2, 0) is 0 Å². The van der Waals surface area contributed by atoms with Crippen molar-refractivity contribution in [1.29, 1.82) is 0 Å². The number of carbonyl (C=O) groups is 1. The van der Waals surface area contributed by atoms with Gasteiger partial charge in [0.1, 0.15) is 12.0 Å². The number of aromatic nitrogens is 5. The summed E-state index contributed by atoms with van der Waals surface area (Å²) in [4.78, 5) is 26.8. The predicted octanol–water partition coefficient (Wildman–Crippen LogP) is 1.63. The van der Waals surface area contributed by atoms with Crippen LogP contribution in [0.15, 0.2) is 30.6 Å². The van der Waals surface area contributed by atoms with Crippen molar-refractivity contribution in [2.75, 3.05) is 23.3 Å². The van der Waals surface area contributed by atoms with Gasteiger partial charge < -0.3 is 4.90 Å². The molecule has 0 bridgehead atoms. The maximum Gasteiger partial charge on any atom is 0.278 e. The summed E-state index contributed by atoms with van der Waals surface area (Å²) < 4.78 is 14.9. The fraction of sp³-hybridized carbons (Fsp3) is 0.312. The van der Waals surface area contributed by atoms with Crippen molar-refractivity contribution in [3.8, 4) is 0 Å². The van der Waals surface area contributed by atoms with Crippen LogP contribution in [0.4, 0.5) is 16.2 Å². The average Bonchev–Trinajstić information content (AvgIpc) is 3.17. The zero-order valence-corrected chi connectivity index (χ0v) is 13.6. The summed E-state index contributed by atoms with van der Waals surface area (Å²) in [5.74, 6) is 0.429. The van der Waals surface area contributed by atoms with E-state index in [1.165, 1.54) is 4.52 Å². The van der Waals surface area contributed by atoms with Gasteiger partial charge >= 0.3 is 0 Å². The Morgan fingerprint density at radius 2 is 2.12 bits per heavy atom. The molecule has 1 atom stereocenters. The van der Waals surface area contributed by atoms with E-state index in [4.69, 9.17) is 0 Å². The average molecular weight is 341 g/mol. The molecular formula is C16H16FN7O. The molecule has 8 nitrogen and oxygen atoms in total. The van der Waals surface area contributed by atoms with E-state index >= 15 is 0 Å². The molecule has 4 heterocycles. The van der Waals surface area contributed by atoms with E-state index < -0.39 is 12.1 Å². The van der Waals surface area contributed by atoms with Gasteiger partial charge in [0.15, 0.2) is 11.3 Å². The van der Waals surface area contributed by atoms with Crippen LogP contribution in [0.2, 0.25) is 0 Å². The predicted molar refractivity (Wildman–Crippen MR) is 89.4 cm³/mol. The number of rotatable bonds is 3. The molecule has 0 saturated carbocycles. The summed E-state index contributed by atoms with van der Waals surface area (Å²) in [6, 6.07) is 5.23. The summed E-state index contributed by atoms with van der Waals surface area (Å²) in [6.07, 6.45) is 2.73. The summed E-state index contributed by atoms with van der Waals surface area (Å²) in [6.45, 7) is 2.65. The third-order valence-corrected chi connectivity index (χ3v) is 4.10. The van der Waals surface area contributed by atoms with Crippen LogP contribution in [0, 0.1) is 6.92 Å². The molecule has 3 aromatic rings. The third kappa shape index (κ3) is 2.88. The minimum absolute atomic E-state index is 0.206. The molecule has 1 aliphatic heterocycles. The monoisotopic (exact) mass is 341 g/mol. The summed E-state index contributed by atoms with van der Waals surface area (Å²) in [5, 5.41) is 7.12. The highest BCUT2D eigenvalue weighted by molar-refractivity contribution is 6.03. The Kier molecular flexibility index (Phi) is 3.75. The Morgan fingerprint density at radius 1 is 1.32 bits per heavy atom. The molecule has 1 amide bonds. The van der Waals surface area contributed by atoms with E-state index in [9.17, 15) is 9.18 Å². The van der Waals surface area contributed by atoms with Crippen molar-refractivity contribution in [3.05, 3.63) is 42.0 Å². The first-order chi connectivity index (χ1) is 12.1. The number of hydrogen-bond acceptors (Lipinski definition) is 6. The summed E-state index contributed by atoms with van der Waals surface area (Å²) in [5.41, 5.74) is 1.40. The Morgan fingerprint density at radius 3 is 2.84 bits per heavy atom. The lowest BCUT2D eigenvalue weighted by atomic mass is 10.3. The SMILES string of the molecule is Cc1nc2ccc(N3CC[C@H](F)C3)nn2c1C(=O)Nc1ncccn1. The minimum Gasteiger partial charge on any atom is -0.352 e. The van der Waals surface area contributed by atoms with Gasteiger partial charge in [-0.2, -0.15) is 0 Å². The number of fused-ring (bicyclic) bond motifs is 1. The number of imidazole rings is 1. The van der Waals surface area contributed by atoms with Crippen molar-refractivity contribution in [3.63, 3.8) is 0 Å². The zero-order chi connectivity index (χ0) is 17.4. The number of alkyl halides is 1. The topological polar surface area (TPSA) is 88.3 Å². The fourth-order valence-corrected chi connectivity index (χ4v) is 2.91. The smallest absolute Gasteiger partial charge is 0.278 e. The van der Waals surface area contributed by atoms with Crippen LogP contribution < -0.4 is 10.2 Å². The second kappa shape index (κ2) is 6.08. The van der Waals surface area contributed by atoms with E-state index in [0.717, 1.165) is 0 Å².